The van der Waals surface area contributed by atoms with Crippen LogP contribution in [0.1, 0.15) is 30.0 Å². The molecule has 0 saturated heterocycles. The van der Waals surface area contributed by atoms with Crippen molar-refractivity contribution in [2.24, 2.45) is 0 Å². The summed E-state index contributed by atoms with van der Waals surface area (Å²) in [6.45, 7) is 2.56. The Kier molecular flexibility index (Phi) is 9.82. The Hall–Kier alpha value is -2.53. The molecule has 7 heteroatoms. The predicted octanol–water partition coefficient (Wildman–Crippen LogP) is 6.36. The third-order valence-corrected chi connectivity index (χ3v) is 6.63. The number of hydrogen-bond acceptors (Lipinski definition) is 2. The molecule has 3 rings (SSSR count). The Balaban J connectivity index is 1.92. The maximum atomic E-state index is 13.6. The van der Waals surface area contributed by atoms with Crippen molar-refractivity contribution in [2.45, 2.75) is 38.8 Å². The van der Waals surface area contributed by atoms with Gasteiger partial charge in [0.2, 0.25) is 11.8 Å². The van der Waals surface area contributed by atoms with Gasteiger partial charge in [0, 0.05) is 31.0 Å². The number of aryl methyl sites for hydroxylation is 1. The first-order chi connectivity index (χ1) is 16.4. The molecule has 34 heavy (non-hydrogen) atoms. The van der Waals surface area contributed by atoms with Gasteiger partial charge in [-0.05, 0) is 48.2 Å². The van der Waals surface area contributed by atoms with Crippen molar-refractivity contribution in [3.05, 3.63) is 105 Å². The first-order valence-electron chi connectivity index (χ1n) is 11.2. The lowest BCUT2D eigenvalue weighted by Gasteiger charge is -2.31. The van der Waals surface area contributed by atoms with E-state index in [1.54, 1.807) is 17.0 Å². The first-order valence-corrected chi connectivity index (χ1v) is 12.3. The molecular formula is C27H27Cl3N2O2. The largest absolute Gasteiger partial charge is 0.355 e. The predicted molar refractivity (Wildman–Crippen MR) is 139 cm³/mol. The summed E-state index contributed by atoms with van der Waals surface area (Å²) in [6, 6.07) is 21.7. The molecule has 0 spiro atoms. The van der Waals surface area contributed by atoms with Crippen LogP contribution in [0, 0.1) is 0 Å². The molecule has 2 amide bonds. The minimum Gasteiger partial charge on any atom is -0.355 e. The molecule has 3 aromatic carbocycles. The number of halogens is 3. The van der Waals surface area contributed by atoms with E-state index >= 15 is 0 Å². The van der Waals surface area contributed by atoms with Crippen LogP contribution < -0.4 is 5.32 Å². The van der Waals surface area contributed by atoms with Crippen LogP contribution >= 0.6 is 34.8 Å². The van der Waals surface area contributed by atoms with Gasteiger partial charge in [-0.3, -0.25) is 9.59 Å². The van der Waals surface area contributed by atoms with Gasteiger partial charge in [0.05, 0.1) is 10.0 Å². The molecule has 0 saturated carbocycles. The van der Waals surface area contributed by atoms with Crippen LogP contribution in [0.3, 0.4) is 0 Å². The van der Waals surface area contributed by atoms with Crippen molar-refractivity contribution in [3.8, 4) is 0 Å². The number of rotatable bonds is 10. The number of carbonyl (C=O) groups is 2. The SMILES string of the molecule is CCNC(=O)C(Cc1ccccc1)N(Cc1ccc(Cl)c(Cl)c1)C(=O)CCc1ccccc1Cl. The van der Waals surface area contributed by atoms with Gasteiger partial charge in [0.15, 0.2) is 0 Å². The molecule has 1 unspecified atom stereocenters. The summed E-state index contributed by atoms with van der Waals surface area (Å²) in [5.41, 5.74) is 2.66. The smallest absolute Gasteiger partial charge is 0.243 e. The van der Waals surface area contributed by atoms with Gasteiger partial charge < -0.3 is 10.2 Å². The third kappa shape index (κ3) is 7.23. The highest BCUT2D eigenvalue weighted by Gasteiger charge is 2.30. The standard InChI is InChI=1S/C27H27Cl3N2O2/c1-2-31-27(34)25(17-19-8-4-3-5-9-19)32(18-20-12-14-23(29)24(30)16-20)26(33)15-13-21-10-6-7-11-22(21)28/h3-12,14,16,25H,2,13,15,17-18H2,1H3,(H,31,34). The van der Waals surface area contributed by atoms with E-state index in [1.165, 1.54) is 0 Å². The zero-order valence-electron chi connectivity index (χ0n) is 18.9. The minimum absolute atomic E-state index is 0.141. The van der Waals surface area contributed by atoms with Crippen molar-refractivity contribution < 1.29 is 9.59 Å². The molecule has 0 fully saturated rings. The van der Waals surface area contributed by atoms with Gasteiger partial charge in [-0.15, -0.1) is 0 Å². The van der Waals surface area contributed by atoms with E-state index in [0.29, 0.717) is 34.5 Å². The average molecular weight is 518 g/mol. The number of carbonyl (C=O) groups excluding carboxylic acids is 2. The zero-order chi connectivity index (χ0) is 24.5. The molecule has 178 valence electrons. The fourth-order valence-electron chi connectivity index (χ4n) is 3.77. The maximum Gasteiger partial charge on any atom is 0.243 e. The first kappa shape index (κ1) is 26.1. The van der Waals surface area contributed by atoms with Crippen molar-refractivity contribution >= 4 is 46.6 Å². The minimum atomic E-state index is -0.685. The lowest BCUT2D eigenvalue weighted by Crippen LogP contribution is -2.50. The second-order valence-corrected chi connectivity index (χ2v) is 9.18. The van der Waals surface area contributed by atoms with Gasteiger partial charge in [0.1, 0.15) is 6.04 Å². The Bertz CT molecular complexity index is 1120. The van der Waals surface area contributed by atoms with Gasteiger partial charge >= 0.3 is 0 Å². The van der Waals surface area contributed by atoms with Gasteiger partial charge in [-0.25, -0.2) is 0 Å². The van der Waals surface area contributed by atoms with Crippen LogP contribution in [0.4, 0.5) is 0 Å². The van der Waals surface area contributed by atoms with Crippen molar-refractivity contribution in [1.82, 2.24) is 10.2 Å². The Morgan fingerprint density at radius 1 is 0.853 bits per heavy atom. The number of hydrogen-bond donors (Lipinski definition) is 1. The third-order valence-electron chi connectivity index (χ3n) is 5.53. The summed E-state index contributed by atoms with van der Waals surface area (Å²) in [5.74, 6) is -0.337. The quantitative estimate of drug-likeness (QED) is 0.340. The summed E-state index contributed by atoms with van der Waals surface area (Å²) in [6.07, 6.45) is 1.09. The van der Waals surface area contributed by atoms with Crippen molar-refractivity contribution in [3.63, 3.8) is 0 Å². The molecule has 0 aliphatic rings. The highest BCUT2D eigenvalue weighted by molar-refractivity contribution is 6.42. The summed E-state index contributed by atoms with van der Waals surface area (Å²) >= 11 is 18.6. The average Bonchev–Trinajstić information content (AvgIpc) is 2.83. The Morgan fingerprint density at radius 3 is 2.24 bits per heavy atom. The number of nitrogens with zero attached hydrogens (tertiary/aromatic N) is 1. The van der Waals surface area contributed by atoms with Crippen LogP contribution in [0.25, 0.3) is 0 Å². The summed E-state index contributed by atoms with van der Waals surface area (Å²) in [5, 5.41) is 4.35. The van der Waals surface area contributed by atoms with Crippen molar-refractivity contribution in [1.29, 1.82) is 0 Å². The van der Waals surface area contributed by atoms with Crippen LogP contribution in [0.2, 0.25) is 15.1 Å². The lowest BCUT2D eigenvalue weighted by atomic mass is 10.0. The highest BCUT2D eigenvalue weighted by Crippen LogP contribution is 2.25. The van der Waals surface area contributed by atoms with E-state index < -0.39 is 6.04 Å². The van der Waals surface area contributed by atoms with E-state index in [9.17, 15) is 9.59 Å². The summed E-state index contributed by atoms with van der Waals surface area (Å²) in [4.78, 5) is 28.4. The molecule has 0 heterocycles. The van der Waals surface area contributed by atoms with E-state index in [4.69, 9.17) is 34.8 Å². The highest BCUT2D eigenvalue weighted by atomic mass is 35.5. The van der Waals surface area contributed by atoms with E-state index in [0.717, 1.165) is 16.7 Å². The number of benzene rings is 3. The van der Waals surface area contributed by atoms with Crippen LogP contribution in [0.15, 0.2) is 72.8 Å². The van der Waals surface area contributed by atoms with Gasteiger partial charge in [0.25, 0.3) is 0 Å². The number of likely N-dealkylation sites (N-methyl/N-ethyl adjacent to an activating group) is 1. The molecule has 0 aromatic heterocycles. The van der Waals surface area contributed by atoms with Gasteiger partial charge in [-0.2, -0.15) is 0 Å². The fourth-order valence-corrected chi connectivity index (χ4v) is 4.32. The molecule has 1 atom stereocenters. The van der Waals surface area contributed by atoms with Gasteiger partial charge in [-0.1, -0.05) is 89.4 Å². The lowest BCUT2D eigenvalue weighted by molar-refractivity contribution is -0.141. The molecule has 0 bridgehead atoms. The normalized spacial score (nSPS) is 11.6. The number of amides is 2. The van der Waals surface area contributed by atoms with E-state index in [2.05, 4.69) is 5.32 Å². The zero-order valence-corrected chi connectivity index (χ0v) is 21.2. The Labute approximate surface area is 215 Å². The summed E-state index contributed by atoms with van der Waals surface area (Å²) < 4.78 is 0. The number of nitrogens with one attached hydrogen (secondary N) is 1. The summed E-state index contributed by atoms with van der Waals surface area (Å²) in [7, 11) is 0. The molecule has 0 radical (unpaired) electrons. The molecule has 0 aliphatic carbocycles. The molecular weight excluding hydrogens is 491 g/mol. The molecule has 4 nitrogen and oxygen atoms in total. The molecule has 0 aliphatic heterocycles. The second-order valence-electron chi connectivity index (χ2n) is 7.96. The van der Waals surface area contributed by atoms with Crippen LogP contribution in [-0.2, 0) is 29.0 Å². The second kappa shape index (κ2) is 12.8. The topological polar surface area (TPSA) is 49.4 Å². The van der Waals surface area contributed by atoms with E-state index in [-0.39, 0.29) is 24.8 Å². The van der Waals surface area contributed by atoms with E-state index in [1.807, 2.05) is 67.6 Å². The van der Waals surface area contributed by atoms with Crippen LogP contribution in [-0.4, -0.2) is 29.3 Å². The Morgan fingerprint density at radius 2 is 1.56 bits per heavy atom. The monoisotopic (exact) mass is 516 g/mol. The molecule has 1 N–H and O–H groups in total. The van der Waals surface area contributed by atoms with Crippen LogP contribution in [0.5, 0.6) is 0 Å². The molecule has 3 aromatic rings. The maximum absolute atomic E-state index is 13.6. The van der Waals surface area contributed by atoms with Crippen molar-refractivity contribution in [2.75, 3.05) is 6.54 Å². The fraction of sp³-hybridized carbons (Fsp3) is 0.259.